The number of benzene rings is 1. The Morgan fingerprint density at radius 2 is 2.12 bits per heavy atom. The maximum Gasteiger partial charge on any atom is 0.255 e. The van der Waals surface area contributed by atoms with Gasteiger partial charge in [-0.05, 0) is 23.7 Å². The molecule has 6 heteroatoms. The summed E-state index contributed by atoms with van der Waals surface area (Å²) in [5.41, 5.74) is 0.862. The third-order valence-electron chi connectivity index (χ3n) is 2.36. The van der Waals surface area contributed by atoms with Gasteiger partial charge in [0.2, 0.25) is 0 Å². The number of hydrogen-bond donors (Lipinski definition) is 0. The molecule has 1 aromatic carbocycles. The highest BCUT2D eigenvalue weighted by atomic mass is 79.9. The van der Waals surface area contributed by atoms with Crippen molar-refractivity contribution in [1.82, 2.24) is 4.37 Å². The van der Waals surface area contributed by atoms with Crippen molar-refractivity contribution in [2.45, 2.75) is 6.43 Å². The zero-order valence-electron chi connectivity index (χ0n) is 8.94. The molecule has 0 atom stereocenters. The second kappa shape index (κ2) is 5.73. The monoisotopic (exact) mass is 320 g/mol. The lowest BCUT2D eigenvalue weighted by atomic mass is 10.2. The van der Waals surface area contributed by atoms with Crippen LogP contribution in [0, 0.1) is 0 Å². The summed E-state index contributed by atoms with van der Waals surface area (Å²) in [4.78, 5) is 1.68. The van der Waals surface area contributed by atoms with Crippen LogP contribution in [0.25, 0.3) is 10.9 Å². The number of alkyl halides is 3. The number of hydrogen-bond acceptors (Lipinski definition) is 3. The first-order valence-corrected chi connectivity index (χ1v) is 7.05. The fourth-order valence-corrected chi connectivity index (χ4v) is 2.97. The zero-order chi connectivity index (χ0) is 12.3. The summed E-state index contributed by atoms with van der Waals surface area (Å²) in [5.74, 6) is 0. The Balaban J connectivity index is 2.34. The molecule has 0 saturated heterocycles. The van der Waals surface area contributed by atoms with Gasteiger partial charge < -0.3 is 4.90 Å². The molecule has 0 aliphatic rings. The van der Waals surface area contributed by atoms with E-state index in [-0.39, 0.29) is 6.54 Å². The Bertz CT molecular complexity index is 489. The average Bonchev–Trinajstić information content (AvgIpc) is 2.71. The summed E-state index contributed by atoms with van der Waals surface area (Å²) in [7, 11) is 0. The normalized spacial score (nSPS) is 11.3. The molecule has 0 aliphatic carbocycles. The number of fused-ring (bicyclic) bond motifs is 1. The fraction of sp³-hybridized carbons (Fsp3) is 0.364. The maximum atomic E-state index is 12.5. The predicted octanol–water partition coefficient (Wildman–Crippen LogP) is 3.76. The van der Waals surface area contributed by atoms with E-state index in [1.165, 1.54) is 11.5 Å². The summed E-state index contributed by atoms with van der Waals surface area (Å²) in [6, 6.07) is 7.60. The number of nitrogens with zero attached hydrogens (tertiary/aromatic N) is 2. The first kappa shape index (κ1) is 12.7. The highest BCUT2D eigenvalue weighted by molar-refractivity contribution is 9.09. The van der Waals surface area contributed by atoms with E-state index in [1.807, 2.05) is 24.3 Å². The Morgan fingerprint density at radius 1 is 1.35 bits per heavy atom. The molecule has 0 amide bonds. The van der Waals surface area contributed by atoms with Gasteiger partial charge in [0.05, 0.1) is 12.1 Å². The average molecular weight is 321 g/mol. The van der Waals surface area contributed by atoms with Gasteiger partial charge in [0, 0.05) is 17.3 Å². The van der Waals surface area contributed by atoms with Gasteiger partial charge in [0.1, 0.15) is 5.00 Å². The van der Waals surface area contributed by atoms with Gasteiger partial charge in [-0.2, -0.15) is 4.37 Å². The Morgan fingerprint density at radius 3 is 2.82 bits per heavy atom. The third kappa shape index (κ3) is 2.93. The fourth-order valence-electron chi connectivity index (χ4n) is 1.65. The summed E-state index contributed by atoms with van der Waals surface area (Å²) < 4.78 is 29.3. The molecular weight excluding hydrogens is 310 g/mol. The van der Waals surface area contributed by atoms with Crippen molar-refractivity contribution in [3.05, 3.63) is 24.3 Å². The van der Waals surface area contributed by atoms with Crippen LogP contribution < -0.4 is 4.90 Å². The Labute approximate surface area is 111 Å². The van der Waals surface area contributed by atoms with E-state index in [9.17, 15) is 8.78 Å². The van der Waals surface area contributed by atoms with E-state index in [2.05, 4.69) is 20.3 Å². The van der Waals surface area contributed by atoms with Crippen molar-refractivity contribution in [2.24, 2.45) is 0 Å². The summed E-state index contributed by atoms with van der Waals surface area (Å²) in [6.07, 6.45) is -2.34. The molecule has 0 unspecified atom stereocenters. The minimum Gasteiger partial charge on any atom is -0.355 e. The van der Waals surface area contributed by atoms with Gasteiger partial charge >= 0.3 is 0 Å². The molecule has 1 heterocycles. The molecule has 92 valence electrons. The lowest BCUT2D eigenvalue weighted by molar-refractivity contribution is 0.155. The third-order valence-corrected chi connectivity index (χ3v) is 3.66. The molecule has 1 aromatic heterocycles. The van der Waals surface area contributed by atoms with Crippen molar-refractivity contribution < 1.29 is 8.78 Å². The van der Waals surface area contributed by atoms with Gasteiger partial charge in [-0.1, -0.05) is 28.1 Å². The molecule has 2 aromatic rings. The van der Waals surface area contributed by atoms with Crippen LogP contribution in [0.2, 0.25) is 0 Å². The number of anilines is 1. The molecule has 17 heavy (non-hydrogen) atoms. The SMILES string of the molecule is FC(F)CN(CCBr)c1snc2ccccc12. The first-order chi connectivity index (χ1) is 8.22. The topological polar surface area (TPSA) is 16.1 Å². The van der Waals surface area contributed by atoms with Crippen LogP contribution in [0.15, 0.2) is 24.3 Å². The van der Waals surface area contributed by atoms with E-state index in [0.717, 1.165) is 15.9 Å². The van der Waals surface area contributed by atoms with Crippen LogP contribution in [-0.4, -0.2) is 29.2 Å². The summed E-state index contributed by atoms with van der Waals surface area (Å²) in [6.45, 7) is 0.300. The molecule has 0 fully saturated rings. The van der Waals surface area contributed by atoms with Crippen molar-refractivity contribution in [3.8, 4) is 0 Å². The lowest BCUT2D eigenvalue weighted by Crippen LogP contribution is -2.29. The Kier molecular flexibility index (Phi) is 4.28. The van der Waals surface area contributed by atoms with Crippen molar-refractivity contribution >= 4 is 43.4 Å². The van der Waals surface area contributed by atoms with Gasteiger partial charge in [-0.25, -0.2) is 8.78 Å². The highest BCUT2D eigenvalue weighted by Gasteiger charge is 2.16. The summed E-state index contributed by atoms with van der Waals surface area (Å²) >= 11 is 4.56. The van der Waals surface area contributed by atoms with Crippen LogP contribution in [0.4, 0.5) is 13.8 Å². The number of rotatable bonds is 5. The minimum absolute atomic E-state index is 0.252. The molecule has 0 saturated carbocycles. The van der Waals surface area contributed by atoms with Gasteiger partial charge in [-0.15, -0.1) is 0 Å². The lowest BCUT2D eigenvalue weighted by Gasteiger charge is -2.21. The second-order valence-corrected chi connectivity index (χ2v) is 5.08. The molecule has 0 bridgehead atoms. The molecular formula is C11H11BrF2N2S. The van der Waals surface area contributed by atoms with Crippen molar-refractivity contribution in [3.63, 3.8) is 0 Å². The van der Waals surface area contributed by atoms with Gasteiger partial charge in [0.15, 0.2) is 0 Å². The number of aromatic nitrogens is 1. The number of halogens is 3. The molecule has 2 nitrogen and oxygen atoms in total. The van der Waals surface area contributed by atoms with Crippen LogP contribution in [0.1, 0.15) is 0 Å². The molecule has 0 N–H and O–H groups in total. The largest absolute Gasteiger partial charge is 0.355 e. The highest BCUT2D eigenvalue weighted by Crippen LogP contribution is 2.31. The molecule has 0 radical (unpaired) electrons. The van der Waals surface area contributed by atoms with E-state index >= 15 is 0 Å². The quantitative estimate of drug-likeness (QED) is 0.780. The van der Waals surface area contributed by atoms with Gasteiger partial charge in [0.25, 0.3) is 6.43 Å². The Hall–Kier alpha value is -0.750. The molecule has 2 rings (SSSR count). The smallest absolute Gasteiger partial charge is 0.255 e. The van der Waals surface area contributed by atoms with Crippen molar-refractivity contribution in [2.75, 3.05) is 23.3 Å². The second-order valence-electron chi connectivity index (χ2n) is 3.53. The van der Waals surface area contributed by atoms with E-state index in [4.69, 9.17) is 0 Å². The van der Waals surface area contributed by atoms with Crippen LogP contribution in [-0.2, 0) is 0 Å². The minimum atomic E-state index is -2.34. The van der Waals surface area contributed by atoms with Gasteiger partial charge in [-0.3, -0.25) is 0 Å². The van der Waals surface area contributed by atoms with Crippen LogP contribution in [0.3, 0.4) is 0 Å². The zero-order valence-corrected chi connectivity index (χ0v) is 11.3. The van der Waals surface area contributed by atoms with Crippen molar-refractivity contribution in [1.29, 1.82) is 0 Å². The summed E-state index contributed by atoms with van der Waals surface area (Å²) in [5, 5.41) is 2.42. The van der Waals surface area contributed by atoms with E-state index in [1.54, 1.807) is 4.90 Å². The predicted molar refractivity (Wildman–Crippen MR) is 71.6 cm³/mol. The molecule has 0 spiro atoms. The first-order valence-electron chi connectivity index (χ1n) is 5.16. The van der Waals surface area contributed by atoms with Crippen LogP contribution >= 0.6 is 27.5 Å². The molecule has 0 aliphatic heterocycles. The van der Waals surface area contributed by atoms with Crippen LogP contribution in [0.5, 0.6) is 0 Å². The standard InChI is InChI=1S/C11H11BrF2N2S/c12-5-6-16(7-10(13)14)11-8-3-1-2-4-9(8)15-17-11/h1-4,10H,5-7H2. The van der Waals surface area contributed by atoms with E-state index in [0.29, 0.717) is 11.9 Å². The van der Waals surface area contributed by atoms with E-state index < -0.39 is 6.43 Å². The maximum absolute atomic E-state index is 12.5.